The Morgan fingerprint density at radius 1 is 1.35 bits per heavy atom. The first-order chi connectivity index (χ1) is 8.29. The van der Waals surface area contributed by atoms with E-state index < -0.39 is 0 Å². The van der Waals surface area contributed by atoms with E-state index in [1.807, 2.05) is 0 Å². The predicted octanol–water partition coefficient (Wildman–Crippen LogP) is 3.21. The van der Waals surface area contributed by atoms with Gasteiger partial charge in [-0.25, -0.2) is 4.98 Å². The third-order valence-electron chi connectivity index (χ3n) is 3.79. The first kappa shape index (κ1) is 11.2. The lowest BCUT2D eigenvalue weighted by molar-refractivity contribution is 0.112. The van der Waals surface area contributed by atoms with Crippen molar-refractivity contribution in [2.45, 2.75) is 51.0 Å². The lowest BCUT2D eigenvalue weighted by Gasteiger charge is -2.33. The third kappa shape index (κ3) is 2.10. The zero-order valence-corrected chi connectivity index (χ0v) is 11.0. The minimum atomic E-state index is 0.570. The average molecular weight is 250 g/mol. The number of thiazole rings is 1. The van der Waals surface area contributed by atoms with Crippen molar-refractivity contribution in [1.29, 1.82) is 0 Å². The van der Waals surface area contributed by atoms with E-state index in [1.54, 1.807) is 11.3 Å². The van der Waals surface area contributed by atoms with Crippen LogP contribution < -0.4 is 4.90 Å². The minimum Gasteiger partial charge on any atom is -0.345 e. The van der Waals surface area contributed by atoms with Crippen LogP contribution in [0.1, 0.15) is 60.3 Å². The number of nitrogens with zero attached hydrogens (tertiary/aromatic N) is 2. The maximum absolute atomic E-state index is 11.1. The summed E-state index contributed by atoms with van der Waals surface area (Å²) >= 11 is 1.58. The van der Waals surface area contributed by atoms with Crippen LogP contribution in [0.25, 0.3) is 0 Å². The van der Waals surface area contributed by atoms with Crippen LogP contribution in [-0.4, -0.2) is 23.9 Å². The SMILES string of the molecule is CC1CCCCN1c1nc(C2CC2)c(C=O)s1. The fourth-order valence-electron chi connectivity index (χ4n) is 2.57. The second kappa shape index (κ2) is 4.41. The average Bonchev–Trinajstić information content (AvgIpc) is 3.10. The Morgan fingerprint density at radius 3 is 2.82 bits per heavy atom. The van der Waals surface area contributed by atoms with Gasteiger partial charge in [-0.15, -0.1) is 0 Å². The van der Waals surface area contributed by atoms with E-state index in [-0.39, 0.29) is 0 Å². The Bertz CT molecular complexity index is 425. The van der Waals surface area contributed by atoms with Crippen LogP contribution in [0.2, 0.25) is 0 Å². The molecule has 2 fully saturated rings. The standard InChI is InChI=1S/C13H18N2OS/c1-9-4-2-3-7-15(9)13-14-12(10-5-6-10)11(8-16)17-13/h8-10H,2-7H2,1H3. The van der Waals surface area contributed by atoms with Crippen molar-refractivity contribution < 1.29 is 4.79 Å². The van der Waals surface area contributed by atoms with Crippen LogP contribution >= 0.6 is 11.3 Å². The van der Waals surface area contributed by atoms with E-state index in [0.717, 1.165) is 28.5 Å². The molecule has 0 amide bonds. The number of hydrogen-bond donors (Lipinski definition) is 0. The molecule has 0 N–H and O–H groups in total. The van der Waals surface area contributed by atoms with Gasteiger partial charge in [0.25, 0.3) is 0 Å². The smallest absolute Gasteiger partial charge is 0.186 e. The number of carbonyl (C=O) groups is 1. The van der Waals surface area contributed by atoms with Crippen LogP contribution in [0.4, 0.5) is 5.13 Å². The summed E-state index contributed by atoms with van der Waals surface area (Å²) in [6, 6.07) is 0.571. The maximum atomic E-state index is 11.1. The highest BCUT2D eigenvalue weighted by atomic mass is 32.1. The van der Waals surface area contributed by atoms with Gasteiger partial charge in [0, 0.05) is 18.5 Å². The number of aromatic nitrogens is 1. The molecule has 3 nitrogen and oxygen atoms in total. The molecular weight excluding hydrogens is 232 g/mol. The molecule has 1 aliphatic heterocycles. The second-order valence-electron chi connectivity index (χ2n) is 5.18. The quantitative estimate of drug-likeness (QED) is 0.772. The fourth-order valence-corrected chi connectivity index (χ4v) is 3.66. The van der Waals surface area contributed by atoms with Crippen molar-refractivity contribution in [3.05, 3.63) is 10.6 Å². The summed E-state index contributed by atoms with van der Waals surface area (Å²) in [5.74, 6) is 0.570. The number of rotatable bonds is 3. The van der Waals surface area contributed by atoms with Gasteiger partial charge < -0.3 is 4.90 Å². The number of piperidine rings is 1. The highest BCUT2D eigenvalue weighted by Gasteiger charge is 2.31. The molecule has 4 heteroatoms. The molecule has 1 atom stereocenters. The van der Waals surface area contributed by atoms with Crippen molar-refractivity contribution in [2.75, 3.05) is 11.4 Å². The molecule has 17 heavy (non-hydrogen) atoms. The van der Waals surface area contributed by atoms with Crippen LogP contribution in [0.3, 0.4) is 0 Å². The van der Waals surface area contributed by atoms with E-state index in [4.69, 9.17) is 4.98 Å². The Morgan fingerprint density at radius 2 is 2.18 bits per heavy atom. The molecule has 2 heterocycles. The number of aldehydes is 1. The summed E-state index contributed by atoms with van der Waals surface area (Å²) in [6.07, 6.45) is 7.22. The molecule has 2 aliphatic rings. The Labute approximate surface area is 106 Å². The highest BCUT2D eigenvalue weighted by molar-refractivity contribution is 7.17. The zero-order valence-electron chi connectivity index (χ0n) is 10.2. The van der Waals surface area contributed by atoms with E-state index in [0.29, 0.717) is 12.0 Å². The van der Waals surface area contributed by atoms with E-state index in [1.165, 1.54) is 32.1 Å². The minimum absolute atomic E-state index is 0.570. The first-order valence-corrected chi connectivity index (χ1v) is 7.34. The molecule has 0 radical (unpaired) electrons. The number of anilines is 1. The summed E-state index contributed by atoms with van der Waals surface area (Å²) in [4.78, 5) is 19.1. The monoisotopic (exact) mass is 250 g/mol. The van der Waals surface area contributed by atoms with Crippen molar-refractivity contribution in [3.63, 3.8) is 0 Å². The molecule has 0 bridgehead atoms. The van der Waals surface area contributed by atoms with Gasteiger partial charge in [-0.1, -0.05) is 11.3 Å². The lowest BCUT2D eigenvalue weighted by atomic mass is 10.1. The van der Waals surface area contributed by atoms with Gasteiger partial charge in [0.1, 0.15) is 0 Å². The van der Waals surface area contributed by atoms with Crippen LogP contribution in [0.15, 0.2) is 0 Å². The fraction of sp³-hybridized carbons (Fsp3) is 0.692. The maximum Gasteiger partial charge on any atom is 0.186 e. The van der Waals surface area contributed by atoms with Gasteiger partial charge in [0.05, 0.1) is 10.6 Å². The molecular formula is C13H18N2OS. The van der Waals surface area contributed by atoms with E-state index in [9.17, 15) is 4.79 Å². The highest BCUT2D eigenvalue weighted by Crippen LogP contribution is 2.44. The van der Waals surface area contributed by atoms with Gasteiger partial charge in [0.15, 0.2) is 11.4 Å². The summed E-state index contributed by atoms with van der Waals surface area (Å²) in [5, 5.41) is 1.07. The molecule has 1 saturated heterocycles. The van der Waals surface area contributed by atoms with Crippen LogP contribution in [-0.2, 0) is 0 Å². The topological polar surface area (TPSA) is 33.2 Å². The second-order valence-corrected chi connectivity index (χ2v) is 6.19. The third-order valence-corrected chi connectivity index (χ3v) is 4.82. The van der Waals surface area contributed by atoms with Crippen molar-refractivity contribution >= 4 is 22.8 Å². The van der Waals surface area contributed by atoms with Gasteiger partial charge in [0.2, 0.25) is 0 Å². The van der Waals surface area contributed by atoms with Crippen LogP contribution in [0.5, 0.6) is 0 Å². The molecule has 1 saturated carbocycles. The van der Waals surface area contributed by atoms with Gasteiger partial charge >= 0.3 is 0 Å². The predicted molar refractivity (Wildman–Crippen MR) is 70.1 cm³/mol. The summed E-state index contributed by atoms with van der Waals surface area (Å²) in [7, 11) is 0. The van der Waals surface area contributed by atoms with Crippen molar-refractivity contribution in [2.24, 2.45) is 0 Å². The molecule has 0 spiro atoms. The molecule has 1 aromatic rings. The summed E-state index contributed by atoms with van der Waals surface area (Å²) in [5.41, 5.74) is 1.07. The molecule has 1 unspecified atom stereocenters. The number of carbonyl (C=O) groups excluding carboxylic acids is 1. The van der Waals surface area contributed by atoms with Crippen LogP contribution in [0, 0.1) is 0 Å². The van der Waals surface area contributed by atoms with Gasteiger partial charge in [-0.2, -0.15) is 0 Å². The number of hydrogen-bond acceptors (Lipinski definition) is 4. The lowest BCUT2D eigenvalue weighted by Crippen LogP contribution is -2.37. The Kier molecular flexibility index (Phi) is 2.90. The van der Waals surface area contributed by atoms with Gasteiger partial charge in [-0.3, -0.25) is 4.79 Å². The largest absolute Gasteiger partial charge is 0.345 e. The zero-order chi connectivity index (χ0) is 11.8. The Balaban J connectivity index is 1.88. The molecule has 92 valence electrons. The first-order valence-electron chi connectivity index (χ1n) is 6.52. The molecule has 1 aromatic heterocycles. The van der Waals surface area contributed by atoms with Crippen molar-refractivity contribution in [1.82, 2.24) is 4.98 Å². The molecule has 1 aliphatic carbocycles. The molecule has 3 rings (SSSR count). The van der Waals surface area contributed by atoms with Gasteiger partial charge in [-0.05, 0) is 39.0 Å². The molecule has 0 aromatic carbocycles. The summed E-state index contributed by atoms with van der Waals surface area (Å²) in [6.45, 7) is 3.36. The summed E-state index contributed by atoms with van der Waals surface area (Å²) < 4.78 is 0. The Hall–Kier alpha value is -0.900. The van der Waals surface area contributed by atoms with Crippen molar-refractivity contribution in [3.8, 4) is 0 Å². The normalized spacial score (nSPS) is 25.0. The van der Waals surface area contributed by atoms with E-state index >= 15 is 0 Å². The van der Waals surface area contributed by atoms with E-state index in [2.05, 4.69) is 11.8 Å².